The monoisotopic (exact) mass is 250 g/mol. The van der Waals surface area contributed by atoms with E-state index in [9.17, 15) is 0 Å². The van der Waals surface area contributed by atoms with Crippen LogP contribution in [0.5, 0.6) is 0 Å². The Morgan fingerprint density at radius 1 is 1.24 bits per heavy atom. The molecule has 0 atom stereocenters. The van der Waals surface area contributed by atoms with Gasteiger partial charge in [-0.1, -0.05) is 19.3 Å². The Morgan fingerprint density at radius 2 is 1.94 bits per heavy atom. The second-order valence-electron chi connectivity index (χ2n) is 4.57. The first-order chi connectivity index (χ1) is 8.34. The van der Waals surface area contributed by atoms with Crippen LogP contribution in [0.15, 0.2) is 24.5 Å². The summed E-state index contributed by atoms with van der Waals surface area (Å²) in [4.78, 5) is 3.01. The highest BCUT2D eigenvalue weighted by Crippen LogP contribution is 2.17. The third-order valence-electron chi connectivity index (χ3n) is 3.18. The lowest BCUT2D eigenvalue weighted by Crippen LogP contribution is -2.42. The molecule has 0 radical (unpaired) electrons. The molecule has 0 spiro atoms. The maximum absolute atomic E-state index is 5.30. The summed E-state index contributed by atoms with van der Waals surface area (Å²) in [5, 5.41) is 7.44. The average Bonchev–Trinajstić information content (AvgIpc) is 2.39. The van der Waals surface area contributed by atoms with Gasteiger partial charge in [-0.15, -0.1) is 0 Å². The van der Waals surface area contributed by atoms with Crippen LogP contribution in [0, 0.1) is 0 Å². The van der Waals surface area contributed by atoms with Crippen molar-refractivity contribution in [1.82, 2.24) is 10.6 Å². The Morgan fingerprint density at radius 3 is 2.65 bits per heavy atom. The minimum Gasteiger partial charge on any atom is -0.360 e. The molecule has 17 heavy (non-hydrogen) atoms. The molecule has 4 heteroatoms. The van der Waals surface area contributed by atoms with Crippen molar-refractivity contribution >= 4 is 17.3 Å². The van der Waals surface area contributed by atoms with Gasteiger partial charge < -0.3 is 10.6 Å². The zero-order chi connectivity index (χ0) is 11.9. The number of hydrogen-bond acceptors (Lipinski definition) is 1. The van der Waals surface area contributed by atoms with Crippen molar-refractivity contribution in [1.29, 1.82) is 0 Å². The van der Waals surface area contributed by atoms with Crippen molar-refractivity contribution in [3.8, 4) is 0 Å². The van der Waals surface area contributed by atoms with E-state index >= 15 is 0 Å². The quantitative estimate of drug-likeness (QED) is 0.803. The number of pyridine rings is 1. The first-order valence-corrected chi connectivity index (χ1v) is 6.75. The minimum absolute atomic E-state index is 0.577. The topological polar surface area (TPSA) is 38.2 Å². The molecule has 3 N–H and O–H groups in total. The van der Waals surface area contributed by atoms with Gasteiger partial charge in [0.25, 0.3) is 0 Å². The summed E-state index contributed by atoms with van der Waals surface area (Å²) in [7, 11) is 0. The smallest absolute Gasteiger partial charge is 0.167 e. The third-order valence-corrected chi connectivity index (χ3v) is 3.44. The Bertz CT molecular complexity index is 347. The molecule has 1 fully saturated rings. The molecule has 0 amide bonds. The van der Waals surface area contributed by atoms with Gasteiger partial charge in [0.1, 0.15) is 0 Å². The van der Waals surface area contributed by atoms with Gasteiger partial charge >= 0.3 is 0 Å². The lowest BCUT2D eigenvalue weighted by molar-refractivity contribution is -0.378. The van der Waals surface area contributed by atoms with Gasteiger partial charge in [-0.3, -0.25) is 0 Å². The number of nitrogens with one attached hydrogen (secondary N) is 3. The molecule has 92 valence electrons. The van der Waals surface area contributed by atoms with Gasteiger partial charge in [0.2, 0.25) is 0 Å². The van der Waals surface area contributed by atoms with E-state index in [1.165, 1.54) is 37.7 Å². The predicted octanol–water partition coefficient (Wildman–Crippen LogP) is 1.80. The number of hydrogen-bond donors (Lipinski definition) is 2. The zero-order valence-corrected chi connectivity index (χ0v) is 10.9. The molecule has 1 aromatic heterocycles. The number of aromatic amines is 1. The molecule has 1 saturated carbocycles. The SMILES string of the molecule is S=C(NCc1cc[nH+]cc1)NC1CCCCC1. The first-order valence-electron chi connectivity index (χ1n) is 6.34. The van der Waals surface area contributed by atoms with Crippen molar-refractivity contribution in [3.05, 3.63) is 30.1 Å². The Balaban J connectivity index is 1.70. The second-order valence-corrected chi connectivity index (χ2v) is 4.98. The average molecular weight is 250 g/mol. The number of thiocarbonyl (C=S) groups is 1. The summed E-state index contributed by atoms with van der Waals surface area (Å²) >= 11 is 5.30. The molecule has 0 unspecified atom stereocenters. The van der Waals surface area contributed by atoms with Crippen LogP contribution in [0.3, 0.4) is 0 Å². The van der Waals surface area contributed by atoms with E-state index in [0.717, 1.165) is 11.7 Å². The largest absolute Gasteiger partial charge is 0.360 e. The van der Waals surface area contributed by atoms with E-state index < -0.39 is 0 Å². The van der Waals surface area contributed by atoms with Crippen LogP contribution in [0.1, 0.15) is 37.7 Å². The molecular weight excluding hydrogens is 230 g/mol. The van der Waals surface area contributed by atoms with Crippen LogP contribution >= 0.6 is 12.2 Å². The summed E-state index contributed by atoms with van der Waals surface area (Å²) in [6, 6.07) is 4.68. The lowest BCUT2D eigenvalue weighted by Gasteiger charge is -2.24. The molecule has 0 saturated heterocycles. The van der Waals surface area contributed by atoms with Gasteiger partial charge in [-0.2, -0.15) is 0 Å². The number of aromatic nitrogens is 1. The highest BCUT2D eigenvalue weighted by atomic mass is 32.1. The number of H-pyrrole nitrogens is 1. The van der Waals surface area contributed by atoms with Crippen LogP contribution < -0.4 is 15.6 Å². The summed E-state index contributed by atoms with van der Waals surface area (Å²) < 4.78 is 0. The van der Waals surface area contributed by atoms with Crippen LogP contribution in [0.2, 0.25) is 0 Å². The fraction of sp³-hybridized carbons (Fsp3) is 0.538. The highest BCUT2D eigenvalue weighted by Gasteiger charge is 2.13. The van der Waals surface area contributed by atoms with Crippen molar-refractivity contribution in [2.45, 2.75) is 44.7 Å². The molecular formula is C13H20N3S+. The summed E-state index contributed by atoms with van der Waals surface area (Å²) in [5.41, 5.74) is 1.23. The predicted molar refractivity (Wildman–Crippen MR) is 72.4 cm³/mol. The summed E-state index contributed by atoms with van der Waals surface area (Å²) in [6.45, 7) is 0.785. The zero-order valence-electron chi connectivity index (χ0n) is 10.0. The molecule has 0 aliphatic heterocycles. The van der Waals surface area contributed by atoms with Crippen LogP contribution in [-0.4, -0.2) is 11.2 Å². The van der Waals surface area contributed by atoms with Gasteiger partial charge in [-0.25, -0.2) is 4.98 Å². The van der Waals surface area contributed by atoms with E-state index in [-0.39, 0.29) is 0 Å². The molecule has 1 aliphatic carbocycles. The van der Waals surface area contributed by atoms with Crippen LogP contribution in [-0.2, 0) is 6.54 Å². The van der Waals surface area contributed by atoms with Crippen molar-refractivity contribution < 1.29 is 4.98 Å². The normalized spacial score (nSPS) is 16.5. The van der Waals surface area contributed by atoms with Gasteiger partial charge in [0, 0.05) is 24.7 Å². The van der Waals surface area contributed by atoms with Crippen LogP contribution in [0.4, 0.5) is 0 Å². The van der Waals surface area contributed by atoms with Crippen LogP contribution in [0.25, 0.3) is 0 Å². The van der Waals surface area contributed by atoms with E-state index in [2.05, 4.69) is 27.8 Å². The Labute approximate surface area is 108 Å². The standard InChI is InChI=1S/C13H19N3S/c17-13(16-12-4-2-1-3-5-12)15-10-11-6-8-14-9-7-11/h6-9,12H,1-5,10H2,(H2,15,16,17)/p+1. The molecule has 1 aromatic rings. The van der Waals surface area contributed by atoms with E-state index in [0.29, 0.717) is 6.04 Å². The van der Waals surface area contributed by atoms with Crippen molar-refractivity contribution in [2.24, 2.45) is 0 Å². The second kappa shape index (κ2) is 6.55. The van der Waals surface area contributed by atoms with E-state index in [1.54, 1.807) is 0 Å². The molecule has 0 aromatic carbocycles. The fourth-order valence-electron chi connectivity index (χ4n) is 2.20. The summed E-state index contributed by atoms with van der Waals surface area (Å²) in [5.74, 6) is 0. The molecule has 3 nitrogen and oxygen atoms in total. The van der Waals surface area contributed by atoms with E-state index in [1.807, 2.05) is 12.4 Å². The van der Waals surface area contributed by atoms with Crippen molar-refractivity contribution in [3.63, 3.8) is 0 Å². The van der Waals surface area contributed by atoms with Gasteiger partial charge in [-0.05, 0) is 30.6 Å². The van der Waals surface area contributed by atoms with Gasteiger partial charge in [0.05, 0.1) is 0 Å². The molecule has 2 rings (SSSR count). The number of rotatable bonds is 3. The maximum atomic E-state index is 5.30. The third kappa shape index (κ3) is 4.30. The molecule has 1 heterocycles. The molecule has 0 bridgehead atoms. The molecule has 1 aliphatic rings. The van der Waals surface area contributed by atoms with Gasteiger partial charge in [0.15, 0.2) is 17.5 Å². The first kappa shape index (κ1) is 12.3. The maximum Gasteiger partial charge on any atom is 0.167 e. The summed E-state index contributed by atoms with van der Waals surface area (Å²) in [6.07, 6.45) is 10.4. The van der Waals surface area contributed by atoms with Crippen molar-refractivity contribution in [2.75, 3.05) is 0 Å². The highest BCUT2D eigenvalue weighted by molar-refractivity contribution is 7.80. The fourth-order valence-corrected chi connectivity index (χ4v) is 2.44. The van der Waals surface area contributed by atoms with E-state index in [4.69, 9.17) is 12.2 Å². The lowest BCUT2D eigenvalue weighted by atomic mass is 9.96. The minimum atomic E-state index is 0.577. The Hall–Kier alpha value is -1.16. The Kier molecular flexibility index (Phi) is 4.74.